The van der Waals surface area contributed by atoms with Crippen molar-refractivity contribution in [2.45, 2.75) is 0 Å². The minimum Gasteiger partial charge on any atom is -0.497 e. The van der Waals surface area contributed by atoms with Gasteiger partial charge in [-0.3, -0.25) is 0 Å². The Bertz CT molecular complexity index is 704. The van der Waals surface area contributed by atoms with Crippen molar-refractivity contribution in [2.75, 3.05) is 14.2 Å². The van der Waals surface area contributed by atoms with Crippen LogP contribution in [-0.2, 0) is 0 Å². The van der Waals surface area contributed by atoms with Crippen molar-refractivity contribution in [3.05, 3.63) is 42.7 Å². The molecule has 2 heterocycles. The molecule has 0 saturated carbocycles. The zero-order chi connectivity index (χ0) is 13.2. The molecule has 19 heavy (non-hydrogen) atoms. The Kier molecular flexibility index (Phi) is 2.79. The molecule has 0 bridgehead atoms. The monoisotopic (exact) mass is 255 g/mol. The van der Waals surface area contributed by atoms with E-state index in [0.29, 0.717) is 11.4 Å². The van der Waals surface area contributed by atoms with Gasteiger partial charge in [-0.1, -0.05) is 0 Å². The minimum absolute atomic E-state index is 0.703. The predicted octanol–water partition coefficient (Wildman–Crippen LogP) is 2.41. The van der Waals surface area contributed by atoms with Crippen LogP contribution in [0.25, 0.3) is 16.9 Å². The SMILES string of the molecule is COc1ccc(-c2ccc(OC)c3ncnn23)cc1. The minimum atomic E-state index is 0.703. The summed E-state index contributed by atoms with van der Waals surface area (Å²) in [6.07, 6.45) is 1.52. The van der Waals surface area contributed by atoms with Gasteiger partial charge in [-0.25, -0.2) is 9.50 Å². The highest BCUT2D eigenvalue weighted by Gasteiger charge is 2.09. The summed E-state index contributed by atoms with van der Waals surface area (Å²) in [5.74, 6) is 1.53. The number of fused-ring (bicyclic) bond motifs is 1. The second kappa shape index (κ2) is 4.61. The highest BCUT2D eigenvalue weighted by molar-refractivity contribution is 5.67. The molecule has 0 amide bonds. The van der Waals surface area contributed by atoms with Crippen LogP contribution in [0.5, 0.6) is 11.5 Å². The second-order valence-electron chi connectivity index (χ2n) is 4.01. The van der Waals surface area contributed by atoms with E-state index < -0.39 is 0 Å². The molecule has 0 unspecified atom stereocenters. The number of benzene rings is 1. The second-order valence-corrected chi connectivity index (χ2v) is 4.01. The van der Waals surface area contributed by atoms with Crippen LogP contribution in [0.3, 0.4) is 0 Å². The summed E-state index contributed by atoms with van der Waals surface area (Å²) in [5.41, 5.74) is 2.70. The fourth-order valence-corrected chi connectivity index (χ4v) is 2.03. The molecule has 0 saturated heterocycles. The first-order chi connectivity index (χ1) is 9.33. The summed E-state index contributed by atoms with van der Waals surface area (Å²) in [6, 6.07) is 11.7. The van der Waals surface area contributed by atoms with Crippen LogP contribution in [0.2, 0.25) is 0 Å². The first-order valence-electron chi connectivity index (χ1n) is 5.84. The molecule has 3 aromatic rings. The van der Waals surface area contributed by atoms with Crippen molar-refractivity contribution in [3.8, 4) is 22.8 Å². The number of ether oxygens (including phenoxy) is 2. The van der Waals surface area contributed by atoms with Crippen molar-refractivity contribution < 1.29 is 9.47 Å². The highest BCUT2D eigenvalue weighted by atomic mass is 16.5. The summed E-state index contributed by atoms with van der Waals surface area (Å²) >= 11 is 0. The molecule has 0 fully saturated rings. The van der Waals surface area contributed by atoms with Crippen LogP contribution in [0.1, 0.15) is 0 Å². The maximum Gasteiger partial charge on any atom is 0.198 e. The predicted molar refractivity (Wildman–Crippen MR) is 71.5 cm³/mol. The maximum absolute atomic E-state index is 5.27. The Morgan fingerprint density at radius 3 is 2.42 bits per heavy atom. The molecular formula is C14H13N3O2. The first-order valence-corrected chi connectivity index (χ1v) is 5.84. The fourth-order valence-electron chi connectivity index (χ4n) is 2.03. The van der Waals surface area contributed by atoms with Crippen LogP contribution in [0, 0.1) is 0 Å². The van der Waals surface area contributed by atoms with Gasteiger partial charge in [0.15, 0.2) is 11.4 Å². The van der Waals surface area contributed by atoms with Crippen molar-refractivity contribution in [2.24, 2.45) is 0 Å². The molecule has 3 rings (SSSR count). The lowest BCUT2D eigenvalue weighted by Gasteiger charge is -2.08. The van der Waals surface area contributed by atoms with E-state index in [1.807, 2.05) is 36.4 Å². The van der Waals surface area contributed by atoms with Gasteiger partial charge in [0, 0.05) is 5.56 Å². The topological polar surface area (TPSA) is 48.7 Å². The molecule has 5 heteroatoms. The average Bonchev–Trinajstić information content (AvgIpc) is 2.96. The molecular weight excluding hydrogens is 242 g/mol. The van der Waals surface area contributed by atoms with Crippen LogP contribution < -0.4 is 9.47 Å². The molecule has 0 aliphatic heterocycles. The number of pyridine rings is 1. The van der Waals surface area contributed by atoms with Crippen LogP contribution in [0.15, 0.2) is 42.7 Å². The van der Waals surface area contributed by atoms with Crippen molar-refractivity contribution in [1.29, 1.82) is 0 Å². The number of aromatic nitrogens is 3. The van der Waals surface area contributed by atoms with Crippen molar-refractivity contribution >= 4 is 5.65 Å². The largest absolute Gasteiger partial charge is 0.497 e. The lowest BCUT2D eigenvalue weighted by atomic mass is 10.1. The van der Waals surface area contributed by atoms with Gasteiger partial charge < -0.3 is 9.47 Å². The summed E-state index contributed by atoms with van der Waals surface area (Å²) < 4.78 is 12.2. The molecule has 1 aromatic carbocycles. The van der Waals surface area contributed by atoms with Crippen molar-refractivity contribution in [3.63, 3.8) is 0 Å². The summed E-state index contributed by atoms with van der Waals surface area (Å²) in [4.78, 5) is 4.21. The Morgan fingerprint density at radius 2 is 1.74 bits per heavy atom. The average molecular weight is 255 g/mol. The van der Waals surface area contributed by atoms with Gasteiger partial charge in [-0.05, 0) is 36.4 Å². The smallest absolute Gasteiger partial charge is 0.198 e. The standard InChI is InChI=1S/C14H13N3O2/c1-18-11-5-3-10(4-6-11)12-7-8-13(19-2)14-15-9-16-17(12)14/h3-9H,1-2H3. The molecule has 5 nitrogen and oxygen atoms in total. The van der Waals surface area contributed by atoms with E-state index in [0.717, 1.165) is 17.0 Å². The molecule has 0 aliphatic carbocycles. The molecule has 0 spiro atoms. The zero-order valence-corrected chi connectivity index (χ0v) is 10.7. The number of rotatable bonds is 3. The number of hydrogen-bond acceptors (Lipinski definition) is 4. The molecule has 0 atom stereocenters. The van der Waals surface area contributed by atoms with Crippen LogP contribution >= 0.6 is 0 Å². The summed E-state index contributed by atoms with van der Waals surface area (Å²) in [5, 5.41) is 4.24. The number of nitrogens with zero attached hydrogens (tertiary/aromatic N) is 3. The molecule has 0 aliphatic rings. The summed E-state index contributed by atoms with van der Waals surface area (Å²) in [6.45, 7) is 0. The third-order valence-electron chi connectivity index (χ3n) is 2.99. The van der Waals surface area contributed by atoms with Gasteiger partial charge in [-0.15, -0.1) is 0 Å². The van der Waals surface area contributed by atoms with Gasteiger partial charge >= 0.3 is 0 Å². The Balaban J connectivity index is 2.16. The normalized spacial score (nSPS) is 10.6. The van der Waals surface area contributed by atoms with E-state index in [4.69, 9.17) is 9.47 Å². The van der Waals surface area contributed by atoms with E-state index in [1.165, 1.54) is 6.33 Å². The van der Waals surface area contributed by atoms with Crippen LogP contribution in [-0.4, -0.2) is 28.8 Å². The van der Waals surface area contributed by atoms with E-state index >= 15 is 0 Å². The van der Waals surface area contributed by atoms with Gasteiger partial charge in [-0.2, -0.15) is 5.10 Å². The molecule has 2 aromatic heterocycles. The quantitative estimate of drug-likeness (QED) is 0.721. The lowest BCUT2D eigenvalue weighted by Crippen LogP contribution is -1.96. The van der Waals surface area contributed by atoms with E-state index in [1.54, 1.807) is 18.7 Å². The van der Waals surface area contributed by atoms with Gasteiger partial charge in [0.1, 0.15) is 12.1 Å². The van der Waals surface area contributed by atoms with Crippen molar-refractivity contribution in [1.82, 2.24) is 14.6 Å². The number of hydrogen-bond donors (Lipinski definition) is 0. The molecule has 0 radical (unpaired) electrons. The summed E-state index contributed by atoms with van der Waals surface area (Å²) in [7, 11) is 3.27. The third-order valence-corrected chi connectivity index (χ3v) is 2.99. The maximum atomic E-state index is 5.27. The first kappa shape index (κ1) is 11.5. The molecule has 96 valence electrons. The highest BCUT2D eigenvalue weighted by Crippen LogP contribution is 2.26. The zero-order valence-electron chi connectivity index (χ0n) is 10.7. The van der Waals surface area contributed by atoms with Gasteiger partial charge in [0.25, 0.3) is 0 Å². The van der Waals surface area contributed by atoms with E-state index in [9.17, 15) is 0 Å². The van der Waals surface area contributed by atoms with Crippen LogP contribution in [0.4, 0.5) is 0 Å². The fraction of sp³-hybridized carbons (Fsp3) is 0.143. The lowest BCUT2D eigenvalue weighted by molar-refractivity contribution is 0.415. The van der Waals surface area contributed by atoms with Gasteiger partial charge in [0.05, 0.1) is 19.9 Å². The van der Waals surface area contributed by atoms with E-state index in [-0.39, 0.29) is 0 Å². The number of methoxy groups -OCH3 is 2. The Morgan fingerprint density at radius 1 is 0.947 bits per heavy atom. The van der Waals surface area contributed by atoms with Gasteiger partial charge in [0.2, 0.25) is 0 Å². The van der Waals surface area contributed by atoms with E-state index in [2.05, 4.69) is 10.1 Å². The third kappa shape index (κ3) is 1.89. The molecule has 0 N–H and O–H groups in total. The Hall–Kier alpha value is -2.56. The Labute approximate surface area is 110 Å².